The van der Waals surface area contributed by atoms with Gasteiger partial charge in [0, 0.05) is 30.7 Å². The first-order valence-corrected chi connectivity index (χ1v) is 11.1. The van der Waals surface area contributed by atoms with E-state index in [9.17, 15) is 9.90 Å². The van der Waals surface area contributed by atoms with E-state index >= 15 is 0 Å². The molecule has 2 saturated heterocycles. The Labute approximate surface area is 168 Å². The topological polar surface area (TPSA) is 78.6 Å². The summed E-state index contributed by atoms with van der Waals surface area (Å²) in [6.45, 7) is 3.30. The average molecular weight is 386 g/mol. The number of primary amides is 1. The Kier molecular flexibility index (Phi) is 6.34. The normalized spacial score (nSPS) is 33.1. The fourth-order valence-corrected chi connectivity index (χ4v) is 5.72. The number of rotatable bonds is 7. The number of fused-ring (bicyclic) bond motifs is 2. The molecular weight excluding hydrogens is 350 g/mol. The summed E-state index contributed by atoms with van der Waals surface area (Å²) in [5, 5.41) is 13.3. The van der Waals surface area contributed by atoms with Crippen LogP contribution in [0.5, 0.6) is 0 Å². The summed E-state index contributed by atoms with van der Waals surface area (Å²) in [7, 11) is 0. The number of nitrogens with two attached hydrogens (primary N) is 1. The van der Waals surface area contributed by atoms with Crippen LogP contribution in [0.3, 0.4) is 0 Å². The van der Waals surface area contributed by atoms with Gasteiger partial charge in [0.15, 0.2) is 0 Å². The van der Waals surface area contributed by atoms with Crippen LogP contribution in [-0.4, -0.2) is 53.7 Å². The highest BCUT2D eigenvalue weighted by atomic mass is 16.3. The van der Waals surface area contributed by atoms with Crippen molar-refractivity contribution in [3.63, 3.8) is 0 Å². The minimum Gasteiger partial charge on any atom is -0.393 e. The molecule has 4 rings (SSSR count). The first-order chi connectivity index (χ1) is 13.6. The van der Waals surface area contributed by atoms with Gasteiger partial charge in [-0.25, -0.2) is 0 Å². The molecule has 1 saturated carbocycles. The van der Waals surface area contributed by atoms with E-state index in [2.05, 4.69) is 16.3 Å². The molecule has 0 aromatic heterocycles. The summed E-state index contributed by atoms with van der Waals surface area (Å²) < 4.78 is 0. The Morgan fingerprint density at radius 1 is 1.11 bits per heavy atom. The zero-order chi connectivity index (χ0) is 19.5. The van der Waals surface area contributed by atoms with Crippen LogP contribution in [0.25, 0.3) is 0 Å². The van der Waals surface area contributed by atoms with Crippen molar-refractivity contribution in [2.45, 2.75) is 75.5 Å². The number of carbonyl (C=O) groups excluding carboxylic acids is 1. The van der Waals surface area contributed by atoms with Crippen molar-refractivity contribution in [2.75, 3.05) is 19.6 Å². The van der Waals surface area contributed by atoms with Crippen molar-refractivity contribution >= 4 is 5.91 Å². The lowest BCUT2D eigenvalue weighted by atomic mass is 9.84. The van der Waals surface area contributed by atoms with Crippen LogP contribution in [0.15, 0.2) is 24.3 Å². The van der Waals surface area contributed by atoms with Crippen LogP contribution in [0.1, 0.15) is 73.2 Å². The van der Waals surface area contributed by atoms with Gasteiger partial charge in [0.05, 0.1) is 6.10 Å². The van der Waals surface area contributed by atoms with Gasteiger partial charge in [-0.1, -0.05) is 12.1 Å². The minimum absolute atomic E-state index is 0.0585. The highest BCUT2D eigenvalue weighted by molar-refractivity contribution is 5.92. The Balaban J connectivity index is 1.25. The van der Waals surface area contributed by atoms with Crippen LogP contribution >= 0.6 is 0 Å². The molecule has 3 fully saturated rings. The van der Waals surface area contributed by atoms with Crippen LogP contribution in [0, 0.1) is 5.92 Å². The third-order valence-electron chi connectivity index (χ3n) is 7.32. The highest BCUT2D eigenvalue weighted by Crippen LogP contribution is 2.42. The number of nitrogens with one attached hydrogen (secondary N) is 1. The lowest BCUT2D eigenvalue weighted by Gasteiger charge is -2.39. The number of hydrogen-bond donors (Lipinski definition) is 3. The van der Waals surface area contributed by atoms with Gasteiger partial charge in [0.25, 0.3) is 0 Å². The number of piperidine rings is 1. The molecule has 5 heteroatoms. The summed E-state index contributed by atoms with van der Waals surface area (Å²) in [6.07, 6.45) is 9.20. The molecule has 3 aliphatic rings. The summed E-state index contributed by atoms with van der Waals surface area (Å²) >= 11 is 0. The second kappa shape index (κ2) is 8.93. The molecule has 5 nitrogen and oxygen atoms in total. The number of hydrogen-bond acceptors (Lipinski definition) is 4. The monoisotopic (exact) mass is 385 g/mol. The van der Waals surface area contributed by atoms with Crippen LogP contribution < -0.4 is 11.1 Å². The largest absolute Gasteiger partial charge is 0.393 e. The first-order valence-electron chi connectivity index (χ1n) is 11.1. The Bertz CT molecular complexity index is 658. The molecule has 0 radical (unpaired) electrons. The van der Waals surface area contributed by atoms with E-state index < -0.39 is 0 Å². The maximum absolute atomic E-state index is 11.5. The van der Waals surface area contributed by atoms with Gasteiger partial charge in [-0.2, -0.15) is 0 Å². The SMILES string of the molecule is NC(=O)c1cccc(C2C[C@H]3CC[C@@H](C2)N3CCNCC2CCC(O)CC2)c1. The van der Waals surface area contributed by atoms with E-state index in [-0.39, 0.29) is 12.0 Å². The number of benzene rings is 1. The van der Waals surface area contributed by atoms with Crippen molar-refractivity contribution in [3.8, 4) is 0 Å². The lowest BCUT2D eigenvalue weighted by Crippen LogP contribution is -2.45. The van der Waals surface area contributed by atoms with Crippen molar-refractivity contribution in [3.05, 3.63) is 35.4 Å². The van der Waals surface area contributed by atoms with E-state index in [1.807, 2.05) is 18.2 Å². The second-order valence-corrected chi connectivity index (χ2v) is 9.16. The van der Waals surface area contributed by atoms with Gasteiger partial charge in [0.1, 0.15) is 0 Å². The fourth-order valence-electron chi connectivity index (χ4n) is 5.72. The van der Waals surface area contributed by atoms with Crippen molar-refractivity contribution < 1.29 is 9.90 Å². The van der Waals surface area contributed by atoms with Gasteiger partial charge in [-0.05, 0) is 87.4 Å². The van der Waals surface area contributed by atoms with E-state index in [0.717, 1.165) is 51.2 Å². The second-order valence-electron chi connectivity index (χ2n) is 9.16. The molecule has 1 amide bonds. The zero-order valence-electron chi connectivity index (χ0n) is 16.9. The summed E-state index contributed by atoms with van der Waals surface area (Å²) in [6, 6.07) is 9.30. The van der Waals surface area contributed by atoms with Crippen LogP contribution in [0.4, 0.5) is 0 Å². The van der Waals surface area contributed by atoms with Gasteiger partial charge in [-0.15, -0.1) is 0 Å². The lowest BCUT2D eigenvalue weighted by molar-refractivity contribution is 0.0999. The Morgan fingerprint density at radius 2 is 1.82 bits per heavy atom. The van der Waals surface area contributed by atoms with Crippen molar-refractivity contribution in [1.29, 1.82) is 0 Å². The number of nitrogens with zero attached hydrogens (tertiary/aromatic N) is 1. The molecule has 1 aliphatic carbocycles. The maximum atomic E-state index is 11.5. The predicted molar refractivity (Wildman–Crippen MR) is 111 cm³/mol. The van der Waals surface area contributed by atoms with E-state index in [4.69, 9.17) is 5.73 Å². The summed E-state index contributed by atoms with van der Waals surface area (Å²) in [5.41, 5.74) is 7.38. The molecule has 28 heavy (non-hydrogen) atoms. The summed E-state index contributed by atoms with van der Waals surface area (Å²) in [4.78, 5) is 14.2. The molecule has 1 unspecified atom stereocenters. The molecule has 4 N–H and O–H groups in total. The molecule has 1 aromatic carbocycles. The average Bonchev–Trinajstić information content (AvgIpc) is 2.94. The number of carbonyl (C=O) groups is 1. The summed E-state index contributed by atoms with van der Waals surface area (Å²) in [5.74, 6) is 0.957. The molecule has 2 aliphatic heterocycles. The first kappa shape index (κ1) is 19.9. The van der Waals surface area contributed by atoms with Crippen molar-refractivity contribution in [1.82, 2.24) is 10.2 Å². The van der Waals surface area contributed by atoms with Gasteiger partial charge >= 0.3 is 0 Å². The third-order valence-corrected chi connectivity index (χ3v) is 7.32. The highest BCUT2D eigenvalue weighted by Gasteiger charge is 2.40. The van der Waals surface area contributed by atoms with Gasteiger partial charge in [-0.3, -0.25) is 9.69 Å². The van der Waals surface area contributed by atoms with E-state index in [0.29, 0.717) is 23.6 Å². The number of amides is 1. The Morgan fingerprint density at radius 3 is 2.50 bits per heavy atom. The number of aliphatic hydroxyl groups is 1. The molecular formula is C23H35N3O2. The third kappa shape index (κ3) is 4.58. The molecule has 2 bridgehead atoms. The van der Waals surface area contributed by atoms with Crippen LogP contribution in [0.2, 0.25) is 0 Å². The molecule has 1 aromatic rings. The van der Waals surface area contributed by atoms with E-state index in [1.54, 1.807) is 0 Å². The molecule has 3 atom stereocenters. The van der Waals surface area contributed by atoms with Gasteiger partial charge < -0.3 is 16.2 Å². The van der Waals surface area contributed by atoms with E-state index in [1.165, 1.54) is 31.2 Å². The zero-order valence-corrected chi connectivity index (χ0v) is 16.9. The smallest absolute Gasteiger partial charge is 0.248 e. The standard InChI is InChI=1S/C23H35N3O2/c24-23(28)18-3-1-2-17(12-18)19-13-20-6-7-21(14-19)26(20)11-10-25-15-16-4-8-22(27)9-5-16/h1-3,12,16,19-22,25,27H,4-11,13-15H2,(H2,24,28)/t16?,19?,20-,21+,22?. The van der Waals surface area contributed by atoms with Crippen LogP contribution in [-0.2, 0) is 0 Å². The fraction of sp³-hybridized carbons (Fsp3) is 0.696. The predicted octanol–water partition coefficient (Wildman–Crippen LogP) is 2.64. The van der Waals surface area contributed by atoms with Gasteiger partial charge in [0.2, 0.25) is 5.91 Å². The maximum Gasteiger partial charge on any atom is 0.248 e. The molecule has 154 valence electrons. The molecule has 0 spiro atoms. The minimum atomic E-state index is -0.333. The number of aliphatic hydroxyl groups excluding tert-OH is 1. The quantitative estimate of drug-likeness (QED) is 0.631. The van der Waals surface area contributed by atoms with Crippen molar-refractivity contribution in [2.24, 2.45) is 11.7 Å². The Hall–Kier alpha value is -1.43. The molecule has 2 heterocycles.